The van der Waals surface area contributed by atoms with Gasteiger partial charge in [-0.1, -0.05) is 46.8 Å². The largest absolute Gasteiger partial charge is 0.429 e. The van der Waals surface area contributed by atoms with Crippen molar-refractivity contribution in [3.05, 3.63) is 46.4 Å². The number of aromatic nitrogens is 2. The van der Waals surface area contributed by atoms with Crippen molar-refractivity contribution in [1.29, 1.82) is 0 Å². The Balaban J connectivity index is 2.09. The van der Waals surface area contributed by atoms with Gasteiger partial charge in [-0.2, -0.15) is 0 Å². The molecule has 0 aliphatic heterocycles. The summed E-state index contributed by atoms with van der Waals surface area (Å²) in [6.07, 6.45) is 0. The Morgan fingerprint density at radius 2 is 2.00 bits per heavy atom. The predicted molar refractivity (Wildman–Crippen MR) is 71.6 cm³/mol. The number of ether oxygens (including phenoxy) is 1. The van der Waals surface area contributed by atoms with Crippen LogP contribution in [0.4, 0.5) is 0 Å². The summed E-state index contributed by atoms with van der Waals surface area (Å²) in [5.41, 5.74) is 1.64. The van der Waals surface area contributed by atoms with Gasteiger partial charge in [0, 0.05) is 0 Å². The van der Waals surface area contributed by atoms with Gasteiger partial charge in [0.2, 0.25) is 0 Å². The fourth-order valence-corrected chi connectivity index (χ4v) is 2.58. The minimum atomic E-state index is 0.543. The summed E-state index contributed by atoms with van der Waals surface area (Å²) < 4.78 is 6.59. The molecule has 84 valence electrons. The lowest BCUT2D eigenvalue weighted by Gasteiger charge is -2.07. The smallest absolute Gasteiger partial charge is 0.299 e. The number of hydrogen-bond acceptors (Lipinski definition) is 4. The average molecular weight is 307 g/mol. The van der Waals surface area contributed by atoms with E-state index in [2.05, 4.69) is 32.2 Å². The van der Waals surface area contributed by atoms with E-state index in [9.17, 15) is 0 Å². The Labute approximate surface area is 110 Å². The van der Waals surface area contributed by atoms with Crippen LogP contribution in [0, 0.1) is 0 Å². The summed E-state index contributed by atoms with van der Waals surface area (Å²) in [4.78, 5) is 0. The van der Waals surface area contributed by atoms with Crippen LogP contribution >= 0.6 is 27.3 Å². The van der Waals surface area contributed by atoms with Crippen LogP contribution in [0.5, 0.6) is 10.9 Å². The molecule has 0 unspecified atom stereocenters. The molecule has 1 heterocycles. The molecule has 0 fully saturated rings. The normalized spacial score (nSPS) is 10.6. The van der Waals surface area contributed by atoms with Gasteiger partial charge < -0.3 is 4.74 Å². The summed E-state index contributed by atoms with van der Waals surface area (Å²) in [7, 11) is 0. The first-order valence-electron chi connectivity index (χ1n) is 4.96. The third kappa shape index (κ3) is 2.03. The molecule has 3 rings (SSSR count). The molecule has 3 nitrogen and oxygen atoms in total. The number of benzene rings is 2. The zero-order valence-electron chi connectivity index (χ0n) is 8.63. The van der Waals surface area contributed by atoms with E-state index in [1.807, 2.05) is 30.3 Å². The SMILES string of the molecule is Brc1c(Oc2nncs2)ccc2ccccc12. The van der Waals surface area contributed by atoms with Crippen molar-refractivity contribution in [1.82, 2.24) is 10.2 Å². The molecule has 0 aliphatic carbocycles. The Hall–Kier alpha value is -1.46. The van der Waals surface area contributed by atoms with Crippen LogP contribution < -0.4 is 4.74 Å². The van der Waals surface area contributed by atoms with Gasteiger partial charge in [0.15, 0.2) is 0 Å². The molecule has 1 aromatic heterocycles. The lowest BCUT2D eigenvalue weighted by Crippen LogP contribution is -1.86. The van der Waals surface area contributed by atoms with E-state index in [0.717, 1.165) is 15.6 Å². The number of fused-ring (bicyclic) bond motifs is 1. The van der Waals surface area contributed by atoms with Gasteiger partial charge in [0.05, 0.1) is 4.47 Å². The minimum Gasteiger partial charge on any atom is -0.429 e. The molecule has 0 bridgehead atoms. The molecule has 0 spiro atoms. The van der Waals surface area contributed by atoms with Gasteiger partial charge in [-0.15, -0.1) is 5.10 Å². The molecule has 0 amide bonds. The van der Waals surface area contributed by atoms with E-state index in [1.165, 1.54) is 16.7 Å². The van der Waals surface area contributed by atoms with Gasteiger partial charge in [0.25, 0.3) is 5.19 Å². The maximum Gasteiger partial charge on any atom is 0.299 e. The van der Waals surface area contributed by atoms with Crippen LogP contribution in [-0.4, -0.2) is 10.2 Å². The van der Waals surface area contributed by atoms with E-state index >= 15 is 0 Å². The van der Waals surface area contributed by atoms with E-state index in [4.69, 9.17) is 4.74 Å². The van der Waals surface area contributed by atoms with Crippen molar-refractivity contribution in [2.45, 2.75) is 0 Å². The molecule has 0 N–H and O–H groups in total. The predicted octanol–water partition coefficient (Wildman–Crippen LogP) is 4.25. The number of rotatable bonds is 2. The van der Waals surface area contributed by atoms with Crippen LogP contribution in [0.2, 0.25) is 0 Å². The monoisotopic (exact) mass is 306 g/mol. The maximum atomic E-state index is 5.66. The molecule has 2 aromatic carbocycles. The fourth-order valence-electron chi connectivity index (χ4n) is 1.59. The highest BCUT2D eigenvalue weighted by Crippen LogP contribution is 2.35. The third-order valence-electron chi connectivity index (χ3n) is 2.37. The van der Waals surface area contributed by atoms with Gasteiger partial charge >= 0.3 is 0 Å². The Bertz CT molecular complexity index is 655. The summed E-state index contributed by atoms with van der Waals surface area (Å²) in [6, 6.07) is 12.1. The molecule has 0 radical (unpaired) electrons. The van der Waals surface area contributed by atoms with Gasteiger partial charge in [-0.3, -0.25) is 0 Å². The zero-order valence-corrected chi connectivity index (χ0v) is 11.0. The quantitative estimate of drug-likeness (QED) is 0.710. The number of halogens is 1. The summed E-state index contributed by atoms with van der Waals surface area (Å²) in [6.45, 7) is 0. The molecule has 0 aliphatic rings. The molecular formula is C12H7BrN2OS. The van der Waals surface area contributed by atoms with Crippen molar-refractivity contribution in [3.63, 3.8) is 0 Å². The highest BCUT2D eigenvalue weighted by atomic mass is 79.9. The maximum absolute atomic E-state index is 5.66. The molecule has 0 atom stereocenters. The minimum absolute atomic E-state index is 0.543. The van der Waals surface area contributed by atoms with Gasteiger partial charge in [-0.05, 0) is 32.8 Å². The Morgan fingerprint density at radius 1 is 1.12 bits per heavy atom. The van der Waals surface area contributed by atoms with Crippen molar-refractivity contribution < 1.29 is 4.74 Å². The van der Waals surface area contributed by atoms with Crippen molar-refractivity contribution in [2.75, 3.05) is 0 Å². The first-order valence-corrected chi connectivity index (χ1v) is 6.63. The second-order valence-corrected chi connectivity index (χ2v) is 4.99. The number of nitrogens with zero attached hydrogens (tertiary/aromatic N) is 2. The average Bonchev–Trinajstić information content (AvgIpc) is 2.86. The Kier molecular flexibility index (Phi) is 2.78. The van der Waals surface area contributed by atoms with Crippen molar-refractivity contribution in [2.24, 2.45) is 0 Å². The first-order chi connectivity index (χ1) is 8.34. The zero-order chi connectivity index (χ0) is 11.7. The lowest BCUT2D eigenvalue weighted by molar-refractivity contribution is 0.471. The molecule has 0 saturated carbocycles. The van der Waals surface area contributed by atoms with Crippen molar-refractivity contribution >= 4 is 38.0 Å². The first kappa shape index (κ1) is 10.7. The van der Waals surface area contributed by atoms with E-state index in [-0.39, 0.29) is 0 Å². The standard InChI is InChI=1S/C12H7BrN2OS/c13-11-9-4-2-1-3-8(9)5-6-10(11)16-12-15-14-7-17-12/h1-7H. The van der Waals surface area contributed by atoms with E-state index in [0.29, 0.717) is 5.19 Å². The molecular weight excluding hydrogens is 300 g/mol. The van der Waals surface area contributed by atoms with Crippen LogP contribution in [0.15, 0.2) is 46.4 Å². The summed E-state index contributed by atoms with van der Waals surface area (Å²) in [5, 5.41) is 10.4. The van der Waals surface area contributed by atoms with Crippen LogP contribution in [-0.2, 0) is 0 Å². The number of hydrogen-bond donors (Lipinski definition) is 0. The van der Waals surface area contributed by atoms with Crippen LogP contribution in [0.3, 0.4) is 0 Å². The molecule has 17 heavy (non-hydrogen) atoms. The highest BCUT2D eigenvalue weighted by Gasteiger charge is 2.08. The molecule has 5 heteroatoms. The third-order valence-corrected chi connectivity index (χ3v) is 3.75. The fraction of sp³-hybridized carbons (Fsp3) is 0. The van der Waals surface area contributed by atoms with Crippen LogP contribution in [0.1, 0.15) is 0 Å². The van der Waals surface area contributed by atoms with E-state index < -0.39 is 0 Å². The Morgan fingerprint density at radius 3 is 2.82 bits per heavy atom. The highest BCUT2D eigenvalue weighted by molar-refractivity contribution is 9.10. The molecule has 3 aromatic rings. The van der Waals surface area contributed by atoms with E-state index in [1.54, 1.807) is 5.51 Å². The second kappa shape index (κ2) is 4.43. The topological polar surface area (TPSA) is 35.0 Å². The van der Waals surface area contributed by atoms with Gasteiger partial charge in [-0.25, -0.2) is 0 Å². The van der Waals surface area contributed by atoms with Gasteiger partial charge in [0.1, 0.15) is 11.3 Å². The summed E-state index contributed by atoms with van der Waals surface area (Å²) >= 11 is 4.93. The molecule has 0 saturated heterocycles. The lowest BCUT2D eigenvalue weighted by atomic mass is 10.1. The summed E-state index contributed by atoms with van der Waals surface area (Å²) in [5.74, 6) is 0.750. The second-order valence-electron chi connectivity index (χ2n) is 3.41. The van der Waals surface area contributed by atoms with Crippen LogP contribution in [0.25, 0.3) is 10.8 Å². The van der Waals surface area contributed by atoms with Crippen molar-refractivity contribution in [3.8, 4) is 10.9 Å².